The monoisotopic (exact) mass is 503 g/mol. The maximum Gasteiger partial charge on any atom is 0.336 e. The van der Waals surface area contributed by atoms with Gasteiger partial charge >= 0.3 is 11.9 Å². The van der Waals surface area contributed by atoms with Gasteiger partial charge in [0.1, 0.15) is 12.5 Å². The number of ketones is 1. The minimum absolute atomic E-state index is 0.0452. The molecule has 8 nitrogen and oxygen atoms in total. The Morgan fingerprint density at radius 2 is 2.00 bits per heavy atom. The van der Waals surface area contributed by atoms with E-state index in [0.29, 0.717) is 46.9 Å². The Morgan fingerprint density at radius 1 is 1.26 bits per heavy atom. The van der Waals surface area contributed by atoms with Crippen molar-refractivity contribution in [3.8, 4) is 11.5 Å². The van der Waals surface area contributed by atoms with Crippen molar-refractivity contribution < 1.29 is 33.7 Å². The molecule has 0 amide bonds. The van der Waals surface area contributed by atoms with Gasteiger partial charge in [0.15, 0.2) is 17.3 Å². The SMILES string of the molecule is CCOc1cc([C@@H]2C(C(=O)OCCSCC)=C(C)NC3=C2C(=O)[C@H](C(=O)OC)[C@H](C)C3)ccc1O. The molecule has 3 atom stereocenters. The van der Waals surface area contributed by atoms with E-state index in [9.17, 15) is 19.5 Å². The highest BCUT2D eigenvalue weighted by Crippen LogP contribution is 2.46. The van der Waals surface area contributed by atoms with Gasteiger partial charge < -0.3 is 24.6 Å². The largest absolute Gasteiger partial charge is 0.504 e. The summed E-state index contributed by atoms with van der Waals surface area (Å²) in [5.74, 6) is -1.76. The summed E-state index contributed by atoms with van der Waals surface area (Å²) < 4.78 is 16.1. The average molecular weight is 504 g/mol. The van der Waals surface area contributed by atoms with Crippen LogP contribution in [0.15, 0.2) is 40.7 Å². The third-order valence-corrected chi connectivity index (χ3v) is 7.11. The molecule has 1 aliphatic heterocycles. The van der Waals surface area contributed by atoms with E-state index in [4.69, 9.17) is 14.2 Å². The molecular weight excluding hydrogens is 470 g/mol. The second-order valence-electron chi connectivity index (χ2n) is 8.53. The fraction of sp³-hybridized carbons (Fsp3) is 0.500. The number of hydrogen-bond acceptors (Lipinski definition) is 9. The van der Waals surface area contributed by atoms with Gasteiger partial charge in [-0.3, -0.25) is 9.59 Å². The summed E-state index contributed by atoms with van der Waals surface area (Å²) in [5.41, 5.74) is 2.48. The Morgan fingerprint density at radius 3 is 2.66 bits per heavy atom. The van der Waals surface area contributed by atoms with Crippen molar-refractivity contribution in [3.05, 3.63) is 46.3 Å². The van der Waals surface area contributed by atoms with E-state index in [1.165, 1.54) is 13.2 Å². The zero-order valence-electron chi connectivity index (χ0n) is 20.8. The van der Waals surface area contributed by atoms with Crippen molar-refractivity contribution in [2.45, 2.75) is 40.0 Å². The van der Waals surface area contributed by atoms with Crippen LogP contribution in [0.5, 0.6) is 11.5 Å². The average Bonchev–Trinajstić information content (AvgIpc) is 2.82. The number of rotatable bonds is 9. The molecule has 0 spiro atoms. The highest BCUT2D eigenvalue weighted by Gasteiger charge is 2.47. The van der Waals surface area contributed by atoms with Gasteiger partial charge in [0.05, 0.1) is 19.3 Å². The lowest BCUT2D eigenvalue weighted by Gasteiger charge is -2.38. The number of benzene rings is 1. The Kier molecular flexibility index (Phi) is 8.88. The molecule has 0 saturated heterocycles. The van der Waals surface area contributed by atoms with Gasteiger partial charge in [0, 0.05) is 28.6 Å². The molecule has 35 heavy (non-hydrogen) atoms. The van der Waals surface area contributed by atoms with E-state index in [-0.39, 0.29) is 29.8 Å². The molecule has 0 bridgehead atoms. The third-order valence-electron chi connectivity index (χ3n) is 6.24. The first kappa shape index (κ1) is 26.7. The van der Waals surface area contributed by atoms with Gasteiger partial charge in [0.2, 0.25) is 0 Å². The Balaban J connectivity index is 2.12. The number of nitrogens with one attached hydrogen (secondary N) is 1. The van der Waals surface area contributed by atoms with Gasteiger partial charge in [-0.2, -0.15) is 11.8 Å². The summed E-state index contributed by atoms with van der Waals surface area (Å²) in [4.78, 5) is 39.6. The molecule has 0 saturated carbocycles. The molecule has 1 aromatic carbocycles. The smallest absolute Gasteiger partial charge is 0.336 e. The number of phenolic OH excluding ortho intramolecular Hbond substituents is 1. The van der Waals surface area contributed by atoms with E-state index in [2.05, 4.69) is 5.32 Å². The molecule has 1 heterocycles. The number of ether oxygens (including phenoxy) is 3. The lowest BCUT2D eigenvalue weighted by atomic mass is 9.69. The summed E-state index contributed by atoms with van der Waals surface area (Å²) >= 11 is 1.66. The van der Waals surface area contributed by atoms with E-state index in [1.54, 1.807) is 37.7 Å². The first-order valence-electron chi connectivity index (χ1n) is 11.8. The predicted molar refractivity (Wildman–Crippen MR) is 133 cm³/mol. The lowest BCUT2D eigenvalue weighted by molar-refractivity contribution is -0.151. The van der Waals surface area contributed by atoms with Crippen molar-refractivity contribution in [1.29, 1.82) is 0 Å². The van der Waals surface area contributed by atoms with Crippen LogP contribution >= 0.6 is 11.8 Å². The van der Waals surface area contributed by atoms with Crippen molar-refractivity contribution in [2.24, 2.45) is 11.8 Å². The second kappa shape index (κ2) is 11.7. The predicted octanol–water partition coefficient (Wildman–Crippen LogP) is 3.70. The molecule has 190 valence electrons. The normalized spacial score (nSPS) is 21.9. The maximum absolute atomic E-state index is 13.7. The molecule has 9 heteroatoms. The number of methoxy groups -OCH3 is 1. The standard InChI is InChI=1S/C26H33NO7S/c1-6-33-19-13-16(8-9-18(19)28)22-21(26(31)34-10-11-35-7-2)15(4)27-17-12-14(3)20(25(30)32-5)24(29)23(17)22/h8-9,13-14,20,22,27-28H,6-7,10-12H2,1-5H3/t14-,20-,22-/m1/s1. The number of dihydropyridines is 1. The fourth-order valence-electron chi connectivity index (χ4n) is 4.68. The Hall–Kier alpha value is -2.94. The molecule has 0 fully saturated rings. The summed E-state index contributed by atoms with van der Waals surface area (Å²) in [6, 6.07) is 4.77. The van der Waals surface area contributed by atoms with Crippen molar-refractivity contribution >= 4 is 29.5 Å². The van der Waals surface area contributed by atoms with E-state index in [0.717, 1.165) is 5.75 Å². The molecule has 0 aromatic heterocycles. The summed E-state index contributed by atoms with van der Waals surface area (Å²) in [6.07, 6.45) is 0.445. The van der Waals surface area contributed by atoms with Gasteiger partial charge in [-0.1, -0.05) is 19.9 Å². The lowest BCUT2D eigenvalue weighted by Crippen LogP contribution is -2.43. The molecule has 1 aromatic rings. The Labute approximate surface area is 210 Å². The topological polar surface area (TPSA) is 111 Å². The van der Waals surface area contributed by atoms with Gasteiger partial charge in [-0.05, 0) is 49.6 Å². The van der Waals surface area contributed by atoms with Gasteiger partial charge in [0.25, 0.3) is 0 Å². The second-order valence-corrected chi connectivity index (χ2v) is 9.92. The summed E-state index contributed by atoms with van der Waals surface area (Å²) in [5, 5.41) is 13.5. The first-order chi connectivity index (χ1) is 16.7. The number of thioether (sulfide) groups is 1. The number of carbonyl (C=O) groups is 3. The fourth-order valence-corrected chi connectivity index (χ4v) is 5.17. The molecular formula is C26H33NO7S. The Bertz CT molecular complexity index is 1060. The van der Waals surface area contributed by atoms with E-state index >= 15 is 0 Å². The minimum Gasteiger partial charge on any atom is -0.504 e. The van der Waals surface area contributed by atoms with Crippen LogP contribution in [-0.4, -0.2) is 54.7 Å². The van der Waals surface area contributed by atoms with Crippen molar-refractivity contribution in [1.82, 2.24) is 5.32 Å². The van der Waals surface area contributed by atoms with Crippen LogP contribution in [-0.2, 0) is 23.9 Å². The van der Waals surface area contributed by atoms with Crippen LogP contribution in [0.2, 0.25) is 0 Å². The van der Waals surface area contributed by atoms with Crippen LogP contribution in [0.1, 0.15) is 45.6 Å². The third kappa shape index (κ3) is 5.50. The van der Waals surface area contributed by atoms with Gasteiger partial charge in [-0.15, -0.1) is 0 Å². The van der Waals surface area contributed by atoms with E-state index < -0.39 is 23.8 Å². The molecule has 3 rings (SSSR count). The minimum atomic E-state index is -0.969. The number of esters is 2. The molecule has 2 aliphatic rings. The summed E-state index contributed by atoms with van der Waals surface area (Å²) in [7, 11) is 1.26. The van der Waals surface area contributed by atoms with Crippen molar-refractivity contribution in [3.63, 3.8) is 0 Å². The van der Waals surface area contributed by atoms with Crippen LogP contribution in [0.3, 0.4) is 0 Å². The number of allylic oxidation sites excluding steroid dienone is 3. The molecule has 2 N–H and O–H groups in total. The summed E-state index contributed by atoms with van der Waals surface area (Å²) in [6.45, 7) is 8.01. The molecule has 0 radical (unpaired) electrons. The number of hydrogen-bond donors (Lipinski definition) is 2. The highest BCUT2D eigenvalue weighted by atomic mass is 32.2. The molecule has 1 aliphatic carbocycles. The number of carbonyl (C=O) groups excluding carboxylic acids is 3. The molecule has 0 unspecified atom stereocenters. The highest BCUT2D eigenvalue weighted by molar-refractivity contribution is 7.99. The van der Waals surface area contributed by atoms with E-state index in [1.807, 2.05) is 13.8 Å². The van der Waals surface area contributed by atoms with Gasteiger partial charge in [-0.25, -0.2) is 4.79 Å². The maximum atomic E-state index is 13.7. The van der Waals surface area contributed by atoms with Crippen LogP contribution in [0.4, 0.5) is 0 Å². The number of phenols is 1. The number of aromatic hydroxyl groups is 1. The zero-order chi connectivity index (χ0) is 25.7. The van der Waals surface area contributed by atoms with Crippen LogP contribution in [0, 0.1) is 11.8 Å². The van der Waals surface area contributed by atoms with Crippen LogP contribution in [0.25, 0.3) is 0 Å². The van der Waals surface area contributed by atoms with Crippen molar-refractivity contribution in [2.75, 3.05) is 31.8 Å². The quantitative estimate of drug-likeness (QED) is 0.296. The first-order valence-corrected chi connectivity index (χ1v) is 12.9. The van der Waals surface area contributed by atoms with Crippen LogP contribution < -0.4 is 10.1 Å². The number of Topliss-reactive ketones (excluding diaryl/α,β-unsaturated/α-hetero) is 1. The zero-order valence-corrected chi connectivity index (χ0v) is 21.6.